The van der Waals surface area contributed by atoms with Gasteiger partial charge in [-0.25, -0.2) is 0 Å². The predicted octanol–water partition coefficient (Wildman–Crippen LogP) is 4.64. The van der Waals surface area contributed by atoms with E-state index in [4.69, 9.17) is 0 Å². The van der Waals surface area contributed by atoms with Gasteiger partial charge in [-0.15, -0.1) is 0 Å². The second kappa shape index (κ2) is 7.26. The largest absolute Gasteiger partial charge is 0.335 e. The molecule has 1 aliphatic rings. The molecule has 1 saturated heterocycles. The van der Waals surface area contributed by atoms with Gasteiger partial charge in [-0.1, -0.05) is 37.3 Å². The van der Waals surface area contributed by atoms with E-state index in [1.54, 1.807) is 12.4 Å². The second-order valence-electron chi connectivity index (χ2n) is 6.03. The molecule has 0 saturated carbocycles. The zero-order valence-electron chi connectivity index (χ0n) is 13.3. The van der Waals surface area contributed by atoms with Gasteiger partial charge in [0.2, 0.25) is 0 Å². The number of aromatic nitrogens is 1. The van der Waals surface area contributed by atoms with E-state index in [9.17, 15) is 4.79 Å². The van der Waals surface area contributed by atoms with Gasteiger partial charge in [0.05, 0.1) is 5.56 Å². The minimum Gasteiger partial charge on any atom is -0.335 e. The van der Waals surface area contributed by atoms with E-state index in [-0.39, 0.29) is 11.9 Å². The first-order valence-corrected chi connectivity index (χ1v) is 8.96. The molecule has 23 heavy (non-hydrogen) atoms. The third kappa shape index (κ3) is 3.47. The Morgan fingerprint density at radius 3 is 2.83 bits per heavy atom. The third-order valence-corrected chi connectivity index (χ3v) is 5.08. The van der Waals surface area contributed by atoms with Crippen LogP contribution >= 0.6 is 15.9 Å². The third-order valence-electron chi connectivity index (χ3n) is 4.64. The average molecular weight is 373 g/mol. The number of hydrogen-bond acceptors (Lipinski definition) is 2. The highest BCUT2D eigenvalue weighted by Gasteiger charge is 2.35. The number of pyridine rings is 1. The van der Waals surface area contributed by atoms with Crippen molar-refractivity contribution in [3.05, 3.63) is 64.4 Å². The highest BCUT2D eigenvalue weighted by atomic mass is 79.9. The standard InChI is InChI=1S/C19H21BrN2O/c1-2-17(14-7-4-3-5-8-14)18-9-6-10-22(18)19(23)15-11-16(20)13-21-12-15/h3-5,7-8,11-13,17-18H,2,6,9-10H2,1H3. The molecule has 2 heterocycles. The van der Waals surface area contributed by atoms with Crippen LogP contribution in [0.3, 0.4) is 0 Å². The van der Waals surface area contributed by atoms with E-state index >= 15 is 0 Å². The molecule has 0 bridgehead atoms. The van der Waals surface area contributed by atoms with Crippen LogP contribution in [-0.4, -0.2) is 28.4 Å². The molecule has 0 spiro atoms. The molecule has 1 aromatic heterocycles. The smallest absolute Gasteiger partial charge is 0.255 e. The summed E-state index contributed by atoms with van der Waals surface area (Å²) in [7, 11) is 0. The molecule has 2 atom stereocenters. The summed E-state index contributed by atoms with van der Waals surface area (Å²) in [5.74, 6) is 0.485. The number of halogens is 1. The molecular formula is C19H21BrN2O. The van der Waals surface area contributed by atoms with E-state index < -0.39 is 0 Å². The van der Waals surface area contributed by atoms with Crippen molar-refractivity contribution in [1.82, 2.24) is 9.88 Å². The summed E-state index contributed by atoms with van der Waals surface area (Å²) in [5.41, 5.74) is 1.99. The van der Waals surface area contributed by atoms with Crippen molar-refractivity contribution < 1.29 is 4.79 Å². The Labute approximate surface area is 145 Å². The first kappa shape index (κ1) is 16.2. The van der Waals surface area contributed by atoms with E-state index in [0.29, 0.717) is 11.5 Å². The molecule has 1 aliphatic heterocycles. The lowest BCUT2D eigenvalue weighted by Crippen LogP contribution is -2.39. The zero-order chi connectivity index (χ0) is 16.2. The Morgan fingerprint density at radius 1 is 1.35 bits per heavy atom. The van der Waals surface area contributed by atoms with Crippen molar-refractivity contribution in [3.8, 4) is 0 Å². The van der Waals surface area contributed by atoms with Gasteiger partial charge in [-0.2, -0.15) is 0 Å². The predicted molar refractivity (Wildman–Crippen MR) is 95.5 cm³/mol. The first-order chi connectivity index (χ1) is 11.2. The Morgan fingerprint density at radius 2 is 2.13 bits per heavy atom. The van der Waals surface area contributed by atoms with Crippen molar-refractivity contribution in [1.29, 1.82) is 0 Å². The van der Waals surface area contributed by atoms with Crippen LogP contribution in [0, 0.1) is 0 Å². The van der Waals surface area contributed by atoms with Crippen LogP contribution < -0.4 is 0 Å². The molecule has 1 aromatic carbocycles. The summed E-state index contributed by atoms with van der Waals surface area (Å²) in [6.45, 7) is 3.04. The number of hydrogen-bond donors (Lipinski definition) is 0. The van der Waals surface area contributed by atoms with Gasteiger partial charge >= 0.3 is 0 Å². The van der Waals surface area contributed by atoms with Crippen LogP contribution in [0.25, 0.3) is 0 Å². The lowest BCUT2D eigenvalue weighted by atomic mass is 9.87. The lowest BCUT2D eigenvalue weighted by molar-refractivity contribution is 0.0714. The fourth-order valence-corrected chi connectivity index (χ4v) is 3.95. The molecule has 3 rings (SSSR count). The van der Waals surface area contributed by atoms with Gasteiger partial charge in [-0.05, 0) is 46.8 Å². The molecule has 120 valence electrons. The number of carbonyl (C=O) groups excluding carboxylic acids is 1. The highest BCUT2D eigenvalue weighted by Crippen LogP contribution is 2.34. The zero-order valence-corrected chi connectivity index (χ0v) is 14.9. The average Bonchev–Trinajstić information content (AvgIpc) is 3.05. The van der Waals surface area contributed by atoms with Gasteiger partial charge < -0.3 is 4.90 Å². The molecule has 0 N–H and O–H groups in total. The summed E-state index contributed by atoms with van der Waals surface area (Å²) >= 11 is 3.40. The Balaban J connectivity index is 1.86. The van der Waals surface area contributed by atoms with Crippen LogP contribution in [0.2, 0.25) is 0 Å². The SMILES string of the molecule is CCC(c1ccccc1)C1CCCN1C(=O)c1cncc(Br)c1. The van der Waals surface area contributed by atoms with Crippen LogP contribution in [0.4, 0.5) is 0 Å². The fraction of sp³-hybridized carbons (Fsp3) is 0.368. The molecule has 0 radical (unpaired) electrons. The van der Waals surface area contributed by atoms with Crippen molar-refractivity contribution in [2.75, 3.05) is 6.54 Å². The maximum absolute atomic E-state index is 12.9. The maximum Gasteiger partial charge on any atom is 0.255 e. The van der Waals surface area contributed by atoms with Crippen molar-refractivity contribution in [3.63, 3.8) is 0 Å². The van der Waals surface area contributed by atoms with Gasteiger partial charge in [-0.3, -0.25) is 9.78 Å². The highest BCUT2D eigenvalue weighted by molar-refractivity contribution is 9.10. The molecule has 1 fully saturated rings. The van der Waals surface area contributed by atoms with Gasteiger partial charge in [0, 0.05) is 35.4 Å². The maximum atomic E-state index is 12.9. The van der Waals surface area contributed by atoms with Crippen LogP contribution in [0.5, 0.6) is 0 Å². The number of amides is 1. The lowest BCUT2D eigenvalue weighted by Gasteiger charge is -2.31. The van der Waals surface area contributed by atoms with Crippen molar-refractivity contribution in [2.45, 2.75) is 38.1 Å². The van der Waals surface area contributed by atoms with Crippen LogP contribution in [0.1, 0.15) is 48.0 Å². The molecule has 0 aliphatic carbocycles. The normalized spacial score (nSPS) is 18.9. The fourth-order valence-electron chi connectivity index (χ4n) is 3.59. The summed E-state index contributed by atoms with van der Waals surface area (Å²) < 4.78 is 0.842. The van der Waals surface area contributed by atoms with Crippen molar-refractivity contribution >= 4 is 21.8 Å². The van der Waals surface area contributed by atoms with Gasteiger partial charge in [0.15, 0.2) is 0 Å². The molecule has 3 nitrogen and oxygen atoms in total. The Hall–Kier alpha value is -1.68. The summed E-state index contributed by atoms with van der Waals surface area (Å²) in [4.78, 5) is 19.1. The molecule has 2 unspecified atom stereocenters. The number of benzene rings is 1. The first-order valence-electron chi connectivity index (χ1n) is 8.17. The summed E-state index contributed by atoms with van der Waals surface area (Å²) in [6.07, 6.45) is 6.54. The number of nitrogens with zero attached hydrogens (tertiary/aromatic N) is 2. The minimum absolute atomic E-state index is 0.0932. The molecule has 1 amide bonds. The van der Waals surface area contributed by atoms with E-state index in [1.165, 1.54) is 5.56 Å². The number of rotatable bonds is 4. The van der Waals surface area contributed by atoms with E-state index in [1.807, 2.05) is 17.0 Å². The quantitative estimate of drug-likeness (QED) is 0.782. The van der Waals surface area contributed by atoms with Gasteiger partial charge in [0.25, 0.3) is 5.91 Å². The Kier molecular flexibility index (Phi) is 5.11. The van der Waals surface area contributed by atoms with Crippen LogP contribution in [0.15, 0.2) is 53.3 Å². The molecule has 2 aromatic rings. The van der Waals surface area contributed by atoms with Gasteiger partial charge in [0.1, 0.15) is 0 Å². The monoisotopic (exact) mass is 372 g/mol. The van der Waals surface area contributed by atoms with E-state index in [2.05, 4.69) is 52.1 Å². The Bertz CT molecular complexity index is 674. The van der Waals surface area contributed by atoms with E-state index in [0.717, 1.165) is 30.3 Å². The summed E-state index contributed by atoms with van der Waals surface area (Å²) in [5, 5.41) is 0. The molecule has 4 heteroatoms. The van der Waals surface area contributed by atoms with Crippen LogP contribution in [-0.2, 0) is 0 Å². The second-order valence-corrected chi connectivity index (χ2v) is 6.94. The summed E-state index contributed by atoms with van der Waals surface area (Å²) in [6, 6.07) is 12.7. The number of likely N-dealkylation sites (tertiary alicyclic amines) is 1. The topological polar surface area (TPSA) is 33.2 Å². The molecular weight excluding hydrogens is 352 g/mol. The minimum atomic E-state index is 0.0932. The van der Waals surface area contributed by atoms with Crippen molar-refractivity contribution in [2.24, 2.45) is 0 Å². The number of carbonyl (C=O) groups is 1.